The fourth-order valence-corrected chi connectivity index (χ4v) is 1.89. The third-order valence-electron chi connectivity index (χ3n) is 2.88. The number of ether oxygens (including phenoxy) is 2. The molecule has 1 fully saturated rings. The second-order valence-corrected chi connectivity index (χ2v) is 3.74. The van der Waals surface area contributed by atoms with Gasteiger partial charge < -0.3 is 14.8 Å². The first kappa shape index (κ1) is 12.5. The molecule has 1 amide bonds. The Morgan fingerprint density at radius 3 is 2.38 bits per heavy atom. The van der Waals surface area contributed by atoms with E-state index in [0.717, 1.165) is 0 Å². The van der Waals surface area contributed by atoms with Crippen molar-refractivity contribution in [3.63, 3.8) is 0 Å². The van der Waals surface area contributed by atoms with E-state index in [1.54, 1.807) is 0 Å². The average molecular weight is 229 g/mol. The van der Waals surface area contributed by atoms with E-state index in [4.69, 9.17) is 0 Å². The number of carbonyl (C=O) groups excluding carboxylic acids is 3. The molecule has 1 aliphatic rings. The van der Waals surface area contributed by atoms with E-state index in [0.29, 0.717) is 19.3 Å². The van der Waals surface area contributed by atoms with E-state index < -0.39 is 12.0 Å². The van der Waals surface area contributed by atoms with E-state index in [2.05, 4.69) is 14.8 Å². The highest BCUT2D eigenvalue weighted by molar-refractivity contribution is 5.80. The predicted molar refractivity (Wildman–Crippen MR) is 53.2 cm³/mol. The highest BCUT2D eigenvalue weighted by atomic mass is 16.5. The van der Waals surface area contributed by atoms with Gasteiger partial charge in [0.2, 0.25) is 6.41 Å². The van der Waals surface area contributed by atoms with Crippen molar-refractivity contribution in [2.24, 2.45) is 11.8 Å². The lowest BCUT2D eigenvalue weighted by Crippen LogP contribution is -2.49. The van der Waals surface area contributed by atoms with E-state index in [-0.39, 0.29) is 17.8 Å². The number of nitrogens with one attached hydrogen (secondary N) is 1. The summed E-state index contributed by atoms with van der Waals surface area (Å²) in [6.45, 7) is 0. The molecule has 1 N–H and O–H groups in total. The first-order chi connectivity index (χ1) is 7.63. The summed E-state index contributed by atoms with van der Waals surface area (Å²) in [4.78, 5) is 32.8. The molecular weight excluding hydrogens is 214 g/mol. The smallest absolute Gasteiger partial charge is 0.328 e. The van der Waals surface area contributed by atoms with Crippen LogP contribution in [0.1, 0.15) is 12.8 Å². The van der Waals surface area contributed by atoms with Crippen LogP contribution in [-0.2, 0) is 23.9 Å². The van der Waals surface area contributed by atoms with Crippen LogP contribution in [0.15, 0.2) is 0 Å². The lowest BCUT2D eigenvalue weighted by Gasteiger charge is -2.36. The van der Waals surface area contributed by atoms with Gasteiger partial charge in [0.05, 0.1) is 20.1 Å². The summed E-state index contributed by atoms with van der Waals surface area (Å²) in [6, 6.07) is -0.664. The van der Waals surface area contributed by atoms with Gasteiger partial charge in [-0.1, -0.05) is 0 Å². The molecule has 0 aromatic carbocycles. The minimum Gasteiger partial charge on any atom is -0.469 e. The molecule has 1 atom stereocenters. The lowest BCUT2D eigenvalue weighted by atomic mass is 9.71. The Balaban J connectivity index is 2.48. The monoisotopic (exact) mass is 229 g/mol. The summed E-state index contributed by atoms with van der Waals surface area (Å²) >= 11 is 0. The Hall–Kier alpha value is -1.59. The summed E-state index contributed by atoms with van der Waals surface area (Å²) in [6.07, 6.45) is 1.54. The third kappa shape index (κ3) is 2.50. The number of hydrogen-bond acceptors (Lipinski definition) is 5. The van der Waals surface area contributed by atoms with Gasteiger partial charge in [0.15, 0.2) is 0 Å². The van der Waals surface area contributed by atoms with Crippen LogP contribution < -0.4 is 5.32 Å². The Kier molecular flexibility index (Phi) is 4.28. The maximum absolute atomic E-state index is 11.3. The van der Waals surface area contributed by atoms with Crippen molar-refractivity contribution in [2.45, 2.75) is 18.9 Å². The summed E-state index contributed by atoms with van der Waals surface area (Å²) in [7, 11) is 2.59. The second-order valence-electron chi connectivity index (χ2n) is 3.74. The standard InChI is InChI=1S/C10H15NO5/c1-15-9(13)7-3-6(4-7)8(11-5-12)10(14)16-2/h5-8H,3-4H2,1-2H3,(H,11,12). The average Bonchev–Trinajstić information content (AvgIpc) is 2.24. The molecule has 90 valence electrons. The Morgan fingerprint density at radius 2 is 1.94 bits per heavy atom. The van der Waals surface area contributed by atoms with Crippen molar-refractivity contribution < 1.29 is 23.9 Å². The summed E-state index contributed by atoms with van der Waals surface area (Å²) in [5.41, 5.74) is 0. The normalized spacial score (nSPS) is 24.9. The molecule has 0 aliphatic heterocycles. The third-order valence-corrected chi connectivity index (χ3v) is 2.88. The SMILES string of the molecule is COC(=O)C1CC(C(NC=O)C(=O)OC)C1. The largest absolute Gasteiger partial charge is 0.469 e. The lowest BCUT2D eigenvalue weighted by molar-refractivity contribution is -0.155. The molecule has 6 heteroatoms. The number of carbonyl (C=O) groups is 3. The molecule has 1 rings (SSSR count). The van der Waals surface area contributed by atoms with Gasteiger partial charge >= 0.3 is 11.9 Å². The number of esters is 2. The summed E-state index contributed by atoms with van der Waals surface area (Å²) < 4.78 is 9.15. The molecule has 1 aliphatic carbocycles. The number of hydrogen-bond donors (Lipinski definition) is 1. The van der Waals surface area contributed by atoms with Crippen molar-refractivity contribution >= 4 is 18.3 Å². The number of rotatable bonds is 5. The molecule has 0 spiro atoms. The minimum atomic E-state index is -0.664. The molecule has 1 saturated carbocycles. The maximum Gasteiger partial charge on any atom is 0.328 e. The van der Waals surface area contributed by atoms with Gasteiger partial charge in [0.25, 0.3) is 0 Å². The van der Waals surface area contributed by atoms with Crippen LogP contribution >= 0.6 is 0 Å². The molecule has 0 radical (unpaired) electrons. The zero-order chi connectivity index (χ0) is 12.1. The van der Waals surface area contributed by atoms with E-state index in [1.807, 2.05) is 0 Å². The van der Waals surface area contributed by atoms with Gasteiger partial charge in [-0.15, -0.1) is 0 Å². The molecule has 0 aromatic rings. The molecule has 0 aromatic heterocycles. The van der Waals surface area contributed by atoms with Crippen molar-refractivity contribution in [1.82, 2.24) is 5.32 Å². The van der Waals surface area contributed by atoms with E-state index in [9.17, 15) is 14.4 Å². The van der Waals surface area contributed by atoms with Crippen LogP contribution in [0.4, 0.5) is 0 Å². The van der Waals surface area contributed by atoms with Gasteiger partial charge in [-0.2, -0.15) is 0 Å². The van der Waals surface area contributed by atoms with Crippen LogP contribution in [0.25, 0.3) is 0 Å². The first-order valence-electron chi connectivity index (χ1n) is 4.99. The zero-order valence-corrected chi connectivity index (χ0v) is 9.26. The number of amides is 1. The Bertz CT molecular complexity index is 285. The highest BCUT2D eigenvalue weighted by Crippen LogP contribution is 2.37. The fraction of sp³-hybridized carbons (Fsp3) is 0.700. The van der Waals surface area contributed by atoms with Crippen LogP contribution in [0.2, 0.25) is 0 Å². The summed E-state index contributed by atoms with van der Waals surface area (Å²) in [5.74, 6) is -0.983. The number of methoxy groups -OCH3 is 2. The van der Waals surface area contributed by atoms with E-state index >= 15 is 0 Å². The molecular formula is C10H15NO5. The Morgan fingerprint density at radius 1 is 1.31 bits per heavy atom. The van der Waals surface area contributed by atoms with Crippen molar-refractivity contribution in [3.8, 4) is 0 Å². The van der Waals surface area contributed by atoms with E-state index in [1.165, 1.54) is 14.2 Å². The van der Waals surface area contributed by atoms with Crippen molar-refractivity contribution in [2.75, 3.05) is 14.2 Å². The fourth-order valence-electron chi connectivity index (χ4n) is 1.89. The van der Waals surface area contributed by atoms with Gasteiger partial charge in [-0.05, 0) is 18.8 Å². The van der Waals surface area contributed by atoms with Gasteiger partial charge in [0.1, 0.15) is 6.04 Å². The first-order valence-corrected chi connectivity index (χ1v) is 4.99. The van der Waals surface area contributed by atoms with Gasteiger partial charge in [-0.25, -0.2) is 4.79 Å². The second kappa shape index (κ2) is 5.48. The minimum absolute atomic E-state index is 0.0539. The van der Waals surface area contributed by atoms with Crippen LogP contribution in [0.3, 0.4) is 0 Å². The highest BCUT2D eigenvalue weighted by Gasteiger charge is 2.42. The predicted octanol–water partition coefficient (Wildman–Crippen LogP) is -0.527. The maximum atomic E-state index is 11.3. The quantitative estimate of drug-likeness (QED) is 0.506. The Labute approximate surface area is 93.3 Å². The topological polar surface area (TPSA) is 81.7 Å². The molecule has 0 saturated heterocycles. The molecule has 0 heterocycles. The molecule has 0 bridgehead atoms. The van der Waals surface area contributed by atoms with Crippen molar-refractivity contribution in [3.05, 3.63) is 0 Å². The molecule has 1 unspecified atom stereocenters. The summed E-state index contributed by atoms with van der Waals surface area (Å²) in [5, 5.41) is 2.41. The van der Waals surface area contributed by atoms with Crippen molar-refractivity contribution in [1.29, 1.82) is 0 Å². The molecule has 6 nitrogen and oxygen atoms in total. The van der Waals surface area contributed by atoms with Crippen LogP contribution in [-0.4, -0.2) is 38.6 Å². The van der Waals surface area contributed by atoms with Gasteiger partial charge in [0, 0.05) is 0 Å². The van der Waals surface area contributed by atoms with Crippen LogP contribution in [0.5, 0.6) is 0 Å². The van der Waals surface area contributed by atoms with Crippen LogP contribution in [0, 0.1) is 11.8 Å². The zero-order valence-electron chi connectivity index (χ0n) is 9.26. The molecule has 16 heavy (non-hydrogen) atoms. The van der Waals surface area contributed by atoms with Gasteiger partial charge in [-0.3, -0.25) is 9.59 Å².